The molecule has 3 aromatic rings. The summed E-state index contributed by atoms with van der Waals surface area (Å²) in [4.78, 5) is 10.2. The fourth-order valence-corrected chi connectivity index (χ4v) is 1.73. The van der Waals surface area contributed by atoms with Crippen LogP contribution in [0.25, 0.3) is 11.1 Å². The van der Waals surface area contributed by atoms with E-state index in [9.17, 15) is 18.0 Å². The van der Waals surface area contributed by atoms with Crippen LogP contribution in [-0.2, 0) is 0 Å². The lowest BCUT2D eigenvalue weighted by atomic mass is 10.1. The number of carbonyl (C=O) groups is 1. The van der Waals surface area contributed by atoms with Gasteiger partial charge in [-0.3, -0.25) is 9.89 Å². The van der Waals surface area contributed by atoms with Gasteiger partial charge in [-0.2, -0.15) is 5.10 Å². The molecule has 118 valence electrons. The predicted octanol–water partition coefficient (Wildman–Crippen LogP) is 3.28. The maximum atomic E-state index is 12.9. The molecule has 1 aromatic heterocycles. The predicted molar refractivity (Wildman–Crippen MR) is 78.9 cm³/mol. The number of aromatic nitrogens is 2. The fourth-order valence-electron chi connectivity index (χ4n) is 1.73. The van der Waals surface area contributed by atoms with Crippen molar-refractivity contribution in [3.8, 4) is 11.1 Å². The maximum absolute atomic E-state index is 12.9. The lowest BCUT2D eigenvalue weighted by Gasteiger charge is -2.02. The first-order valence-electron chi connectivity index (χ1n) is 6.47. The molecule has 7 heteroatoms. The zero-order valence-corrected chi connectivity index (χ0v) is 11.8. The third kappa shape index (κ3) is 4.44. The van der Waals surface area contributed by atoms with E-state index in [-0.39, 0.29) is 0 Å². The van der Waals surface area contributed by atoms with E-state index in [0.29, 0.717) is 16.7 Å². The summed E-state index contributed by atoms with van der Waals surface area (Å²) in [6.45, 7) is 0. The normalized spacial score (nSPS) is 9.87. The number of nitrogens with two attached hydrogens (primary N) is 1. The summed E-state index contributed by atoms with van der Waals surface area (Å²) >= 11 is 0. The molecule has 3 rings (SSSR count). The SMILES string of the molecule is Fc1cccc(-c2ccc(F)c(F)c2)c1.NC(=O)c1cn[nH]c1. The summed E-state index contributed by atoms with van der Waals surface area (Å²) < 4.78 is 38.4. The molecule has 0 saturated heterocycles. The van der Waals surface area contributed by atoms with Crippen LogP contribution >= 0.6 is 0 Å². The summed E-state index contributed by atoms with van der Waals surface area (Å²) in [5, 5.41) is 5.98. The number of benzene rings is 2. The molecule has 0 radical (unpaired) electrons. The van der Waals surface area contributed by atoms with Crippen molar-refractivity contribution < 1.29 is 18.0 Å². The Morgan fingerprint density at radius 3 is 2.26 bits per heavy atom. The smallest absolute Gasteiger partial charge is 0.251 e. The largest absolute Gasteiger partial charge is 0.366 e. The van der Waals surface area contributed by atoms with E-state index in [1.807, 2.05) is 0 Å². The highest BCUT2D eigenvalue weighted by molar-refractivity contribution is 5.92. The molecule has 3 N–H and O–H groups in total. The monoisotopic (exact) mass is 319 g/mol. The summed E-state index contributed by atoms with van der Waals surface area (Å²) in [5.74, 6) is -2.71. The highest BCUT2D eigenvalue weighted by Crippen LogP contribution is 2.21. The Hall–Kier alpha value is -3.09. The van der Waals surface area contributed by atoms with Crippen LogP contribution in [0.2, 0.25) is 0 Å². The zero-order valence-electron chi connectivity index (χ0n) is 11.8. The van der Waals surface area contributed by atoms with Crippen LogP contribution in [0.4, 0.5) is 13.2 Å². The molecular weight excluding hydrogens is 307 g/mol. The summed E-state index contributed by atoms with van der Waals surface area (Å²) in [7, 11) is 0. The van der Waals surface area contributed by atoms with Crippen LogP contribution in [0.1, 0.15) is 10.4 Å². The second-order valence-corrected chi connectivity index (χ2v) is 4.49. The topological polar surface area (TPSA) is 71.8 Å². The molecule has 0 aliphatic carbocycles. The molecule has 4 nitrogen and oxygen atoms in total. The van der Waals surface area contributed by atoms with Gasteiger partial charge in [0.25, 0.3) is 5.91 Å². The molecule has 0 bridgehead atoms. The van der Waals surface area contributed by atoms with Gasteiger partial charge in [-0.25, -0.2) is 13.2 Å². The Balaban J connectivity index is 0.000000203. The first kappa shape index (κ1) is 16.3. The summed E-state index contributed by atoms with van der Waals surface area (Å²) in [6.07, 6.45) is 2.82. The number of amides is 1. The number of hydrogen-bond acceptors (Lipinski definition) is 2. The van der Waals surface area contributed by atoms with Crippen LogP contribution in [0.3, 0.4) is 0 Å². The van der Waals surface area contributed by atoms with Crippen molar-refractivity contribution in [2.75, 3.05) is 0 Å². The van der Waals surface area contributed by atoms with Crippen molar-refractivity contribution in [3.63, 3.8) is 0 Å². The van der Waals surface area contributed by atoms with E-state index >= 15 is 0 Å². The van der Waals surface area contributed by atoms with Crippen LogP contribution < -0.4 is 5.73 Å². The third-order valence-electron chi connectivity index (χ3n) is 2.86. The highest BCUT2D eigenvalue weighted by Gasteiger charge is 2.04. The molecular formula is C16H12F3N3O. The first-order chi connectivity index (χ1) is 11.0. The molecule has 1 heterocycles. The number of carbonyl (C=O) groups excluding carboxylic acids is 1. The van der Waals surface area contributed by atoms with Gasteiger partial charge in [0.1, 0.15) is 5.82 Å². The summed E-state index contributed by atoms with van der Waals surface area (Å²) in [5.41, 5.74) is 6.24. The van der Waals surface area contributed by atoms with Crippen LogP contribution in [0, 0.1) is 17.5 Å². The van der Waals surface area contributed by atoms with Crippen LogP contribution in [0.15, 0.2) is 54.9 Å². The van der Waals surface area contributed by atoms with E-state index in [1.54, 1.807) is 6.07 Å². The Morgan fingerprint density at radius 1 is 1.00 bits per heavy atom. The second kappa shape index (κ2) is 7.26. The molecule has 23 heavy (non-hydrogen) atoms. The van der Waals surface area contributed by atoms with Gasteiger partial charge in [0.15, 0.2) is 11.6 Å². The molecule has 1 amide bonds. The van der Waals surface area contributed by atoms with Gasteiger partial charge in [-0.15, -0.1) is 0 Å². The lowest BCUT2D eigenvalue weighted by molar-refractivity contribution is 0.100. The van der Waals surface area contributed by atoms with Gasteiger partial charge in [-0.1, -0.05) is 18.2 Å². The number of rotatable bonds is 2. The minimum absolute atomic E-state index is 0.405. The van der Waals surface area contributed by atoms with Crippen molar-refractivity contribution in [2.45, 2.75) is 0 Å². The highest BCUT2D eigenvalue weighted by atomic mass is 19.2. The van der Waals surface area contributed by atoms with Crippen molar-refractivity contribution in [3.05, 3.63) is 77.9 Å². The number of nitrogens with one attached hydrogen (secondary N) is 1. The van der Waals surface area contributed by atoms with Gasteiger partial charge in [0.2, 0.25) is 0 Å². The number of primary amides is 1. The third-order valence-corrected chi connectivity index (χ3v) is 2.86. The average Bonchev–Trinajstić information content (AvgIpc) is 3.05. The number of halogens is 3. The first-order valence-corrected chi connectivity index (χ1v) is 6.47. The van der Waals surface area contributed by atoms with Gasteiger partial charge in [0.05, 0.1) is 11.8 Å². The van der Waals surface area contributed by atoms with Gasteiger partial charge in [-0.05, 0) is 35.4 Å². The average molecular weight is 319 g/mol. The minimum Gasteiger partial charge on any atom is -0.366 e. The van der Waals surface area contributed by atoms with E-state index < -0.39 is 23.4 Å². The van der Waals surface area contributed by atoms with Crippen molar-refractivity contribution >= 4 is 5.91 Å². The second-order valence-electron chi connectivity index (χ2n) is 4.49. The van der Waals surface area contributed by atoms with Crippen molar-refractivity contribution in [1.29, 1.82) is 0 Å². The minimum atomic E-state index is -0.934. The fraction of sp³-hybridized carbons (Fsp3) is 0. The number of hydrogen-bond donors (Lipinski definition) is 2. The molecule has 0 saturated carbocycles. The van der Waals surface area contributed by atoms with Crippen LogP contribution in [0.5, 0.6) is 0 Å². The quantitative estimate of drug-likeness (QED) is 0.761. The molecule has 0 aliphatic heterocycles. The van der Waals surface area contributed by atoms with E-state index in [1.165, 1.54) is 36.7 Å². The molecule has 0 atom stereocenters. The Morgan fingerprint density at radius 2 is 1.74 bits per heavy atom. The molecule has 2 aromatic carbocycles. The summed E-state index contributed by atoms with van der Waals surface area (Å²) in [6, 6.07) is 9.20. The van der Waals surface area contributed by atoms with Crippen molar-refractivity contribution in [1.82, 2.24) is 10.2 Å². The molecule has 0 unspecified atom stereocenters. The Labute approximate surface area is 129 Å². The Kier molecular flexibility index (Phi) is 5.14. The number of H-pyrrole nitrogens is 1. The van der Waals surface area contributed by atoms with E-state index in [2.05, 4.69) is 10.2 Å². The lowest BCUT2D eigenvalue weighted by Crippen LogP contribution is -2.09. The maximum Gasteiger partial charge on any atom is 0.251 e. The van der Waals surface area contributed by atoms with Gasteiger partial charge >= 0.3 is 0 Å². The zero-order chi connectivity index (χ0) is 16.8. The molecule has 0 fully saturated rings. The van der Waals surface area contributed by atoms with E-state index in [4.69, 9.17) is 5.73 Å². The van der Waals surface area contributed by atoms with Crippen molar-refractivity contribution in [2.24, 2.45) is 5.73 Å². The number of nitrogens with zero attached hydrogens (tertiary/aromatic N) is 1. The van der Waals surface area contributed by atoms with Gasteiger partial charge in [0, 0.05) is 6.20 Å². The molecule has 0 spiro atoms. The number of aromatic amines is 1. The Bertz CT molecular complexity index is 804. The molecule has 0 aliphatic rings. The van der Waals surface area contributed by atoms with E-state index in [0.717, 1.165) is 12.1 Å². The van der Waals surface area contributed by atoms with Crippen LogP contribution in [-0.4, -0.2) is 16.1 Å². The standard InChI is InChI=1S/C12H7F3.C4H5N3O/c13-10-3-1-2-8(6-10)9-4-5-11(14)12(15)7-9;5-4(8)3-1-6-7-2-3/h1-7H;1-2H,(H2,5,8)(H,6,7). The van der Waals surface area contributed by atoms with Gasteiger partial charge < -0.3 is 5.73 Å².